The van der Waals surface area contributed by atoms with Gasteiger partial charge in [0.2, 0.25) is 0 Å². The Morgan fingerprint density at radius 2 is 1.71 bits per heavy atom. The fraction of sp³-hybridized carbons (Fsp3) is 0.111. The van der Waals surface area contributed by atoms with Crippen molar-refractivity contribution in [2.24, 2.45) is 0 Å². The number of carbonyl (C=O) groups excluding carboxylic acids is 2. The van der Waals surface area contributed by atoms with Crippen LogP contribution >= 0.6 is 0 Å². The molecule has 0 saturated carbocycles. The molecule has 0 bridgehead atoms. The highest BCUT2D eigenvalue weighted by atomic mass is 16.6. The fourth-order valence-corrected chi connectivity index (χ4v) is 3.91. The molecule has 1 aliphatic rings. The van der Waals surface area contributed by atoms with Crippen molar-refractivity contribution < 1.29 is 24.4 Å². The van der Waals surface area contributed by atoms with Crippen molar-refractivity contribution in [3.8, 4) is 5.75 Å². The Balaban J connectivity index is 1.77. The van der Waals surface area contributed by atoms with Gasteiger partial charge < -0.3 is 9.84 Å². The summed E-state index contributed by atoms with van der Waals surface area (Å²) < 4.78 is 5.46. The maximum atomic E-state index is 13.2. The van der Waals surface area contributed by atoms with Crippen LogP contribution in [-0.4, -0.2) is 28.3 Å². The molecular formula is C27H22N2O6. The number of non-ortho nitro benzene ring substituents is 1. The number of hydrogen-bond acceptors (Lipinski definition) is 6. The van der Waals surface area contributed by atoms with Crippen molar-refractivity contribution in [3.63, 3.8) is 0 Å². The minimum atomic E-state index is -0.978. The summed E-state index contributed by atoms with van der Waals surface area (Å²) in [5, 5.41) is 21.9. The lowest BCUT2D eigenvalue weighted by Gasteiger charge is -2.26. The smallest absolute Gasteiger partial charge is 0.294 e. The predicted molar refractivity (Wildman–Crippen MR) is 131 cm³/mol. The second-order valence-electron chi connectivity index (χ2n) is 7.72. The quantitative estimate of drug-likeness (QED) is 0.276. The molecule has 3 aromatic rings. The first-order valence-corrected chi connectivity index (χ1v) is 10.9. The van der Waals surface area contributed by atoms with Crippen molar-refractivity contribution in [2.75, 3.05) is 11.5 Å². The zero-order chi connectivity index (χ0) is 24.9. The van der Waals surface area contributed by atoms with Crippen LogP contribution in [0.2, 0.25) is 0 Å². The summed E-state index contributed by atoms with van der Waals surface area (Å²) in [6.45, 7) is 2.33. The summed E-state index contributed by atoms with van der Waals surface area (Å²) in [7, 11) is 0. The number of ketones is 1. The average molecular weight is 470 g/mol. The first-order chi connectivity index (χ1) is 16.9. The van der Waals surface area contributed by atoms with Crippen LogP contribution in [0.1, 0.15) is 24.1 Å². The molecule has 1 atom stereocenters. The van der Waals surface area contributed by atoms with Gasteiger partial charge in [0.15, 0.2) is 11.5 Å². The van der Waals surface area contributed by atoms with E-state index in [9.17, 15) is 24.8 Å². The van der Waals surface area contributed by atoms with Gasteiger partial charge in [0.1, 0.15) is 5.75 Å². The molecule has 1 amide bonds. The Hall–Kier alpha value is -4.72. The number of aliphatic hydroxyl groups excluding tert-OH is 1. The van der Waals surface area contributed by atoms with E-state index in [-0.39, 0.29) is 11.3 Å². The van der Waals surface area contributed by atoms with Gasteiger partial charge >= 0.3 is 0 Å². The number of rotatable bonds is 8. The summed E-state index contributed by atoms with van der Waals surface area (Å²) in [5.41, 5.74) is 1.42. The number of ether oxygens (including phenoxy) is 1. The Kier molecular flexibility index (Phi) is 6.73. The lowest BCUT2D eigenvalue weighted by atomic mass is 9.95. The summed E-state index contributed by atoms with van der Waals surface area (Å²) in [6, 6.07) is 20.4. The molecule has 0 aliphatic carbocycles. The third-order valence-corrected chi connectivity index (χ3v) is 5.55. The second-order valence-corrected chi connectivity index (χ2v) is 7.72. The average Bonchev–Trinajstić information content (AvgIpc) is 3.14. The van der Waals surface area contributed by atoms with Crippen LogP contribution in [0.15, 0.2) is 96.3 Å². The van der Waals surface area contributed by atoms with E-state index in [1.54, 1.807) is 30.3 Å². The van der Waals surface area contributed by atoms with E-state index in [0.717, 1.165) is 5.56 Å². The maximum Gasteiger partial charge on any atom is 0.294 e. The van der Waals surface area contributed by atoms with Crippen LogP contribution in [0, 0.1) is 10.1 Å². The van der Waals surface area contributed by atoms with E-state index in [1.807, 2.05) is 37.3 Å². The molecule has 0 aromatic heterocycles. The third kappa shape index (κ3) is 4.81. The Labute approximate surface area is 201 Å². The van der Waals surface area contributed by atoms with E-state index in [1.165, 1.54) is 35.2 Å². The van der Waals surface area contributed by atoms with Crippen LogP contribution in [-0.2, 0) is 9.59 Å². The van der Waals surface area contributed by atoms with Gasteiger partial charge in [-0.1, -0.05) is 36.4 Å². The molecule has 4 rings (SSSR count). The van der Waals surface area contributed by atoms with Crippen LogP contribution in [0.25, 0.3) is 6.08 Å². The zero-order valence-corrected chi connectivity index (χ0v) is 18.8. The maximum absolute atomic E-state index is 13.2. The van der Waals surface area contributed by atoms with Gasteiger partial charge in [-0.3, -0.25) is 24.6 Å². The van der Waals surface area contributed by atoms with Crippen molar-refractivity contribution in [1.29, 1.82) is 0 Å². The van der Waals surface area contributed by atoms with Gasteiger partial charge in [0.25, 0.3) is 11.6 Å². The number of aliphatic hydroxyl groups is 1. The highest BCUT2D eigenvalue weighted by Crippen LogP contribution is 2.41. The molecule has 1 unspecified atom stereocenters. The molecule has 1 heterocycles. The Morgan fingerprint density at radius 1 is 1.06 bits per heavy atom. The molecule has 0 spiro atoms. The molecule has 1 aliphatic heterocycles. The lowest BCUT2D eigenvalue weighted by Crippen LogP contribution is -2.30. The molecule has 8 nitrogen and oxygen atoms in total. The summed E-state index contributed by atoms with van der Waals surface area (Å²) in [6.07, 6.45) is 2.90. The number of anilines is 1. The molecule has 0 fully saturated rings. The number of hydrogen-bond donors (Lipinski definition) is 1. The van der Waals surface area contributed by atoms with Gasteiger partial charge in [0.05, 0.1) is 23.1 Å². The highest BCUT2D eigenvalue weighted by Gasteiger charge is 2.43. The first-order valence-electron chi connectivity index (χ1n) is 10.9. The van der Waals surface area contributed by atoms with Crippen molar-refractivity contribution >= 4 is 29.1 Å². The summed E-state index contributed by atoms with van der Waals surface area (Å²) in [5.74, 6) is -1.34. The topological polar surface area (TPSA) is 110 Å². The van der Waals surface area contributed by atoms with Gasteiger partial charge in [-0.25, -0.2) is 0 Å². The van der Waals surface area contributed by atoms with Crippen molar-refractivity contribution in [3.05, 3.63) is 118 Å². The molecule has 35 heavy (non-hydrogen) atoms. The molecule has 1 N–H and O–H groups in total. The van der Waals surface area contributed by atoms with Crippen LogP contribution in [0.5, 0.6) is 5.75 Å². The van der Waals surface area contributed by atoms with Gasteiger partial charge in [0, 0.05) is 17.8 Å². The number of nitro benzene ring substituents is 1. The van der Waals surface area contributed by atoms with E-state index >= 15 is 0 Å². The predicted octanol–water partition coefficient (Wildman–Crippen LogP) is 5.18. The van der Waals surface area contributed by atoms with Crippen LogP contribution in [0.4, 0.5) is 11.4 Å². The molecule has 176 valence electrons. The molecule has 0 saturated heterocycles. The van der Waals surface area contributed by atoms with Gasteiger partial charge in [-0.05, 0) is 60.5 Å². The highest BCUT2D eigenvalue weighted by molar-refractivity contribution is 6.19. The second kappa shape index (κ2) is 10.0. The first kappa shape index (κ1) is 23.4. The van der Waals surface area contributed by atoms with E-state index in [2.05, 4.69) is 0 Å². The molecular weight excluding hydrogens is 448 g/mol. The largest absolute Gasteiger partial charge is 0.503 e. The van der Waals surface area contributed by atoms with E-state index in [4.69, 9.17) is 4.74 Å². The minimum absolute atomic E-state index is 0.107. The molecule has 0 radical (unpaired) electrons. The fourth-order valence-electron chi connectivity index (χ4n) is 3.91. The Bertz CT molecular complexity index is 1310. The number of nitro groups is 1. The molecule has 3 aromatic carbocycles. The normalized spacial score (nSPS) is 15.6. The number of amides is 1. The summed E-state index contributed by atoms with van der Waals surface area (Å²) >= 11 is 0. The Morgan fingerprint density at radius 3 is 2.31 bits per heavy atom. The van der Waals surface area contributed by atoms with Crippen LogP contribution < -0.4 is 9.64 Å². The van der Waals surface area contributed by atoms with Gasteiger partial charge in [-0.15, -0.1) is 0 Å². The SMILES string of the molecule is CCOc1ccc(N2C(=O)C(O)=C(C(=O)/C=C/c3ccccc3)C2c2ccc([N+](=O)[O-])cc2)cc1. The standard InChI is InChI=1S/C27H22N2O6/c1-2-35-22-15-13-20(14-16-22)28-25(19-9-11-21(12-10-19)29(33)34)24(26(31)27(28)32)23(30)17-8-18-6-4-3-5-7-18/h3-17,25,31H,2H2,1H3/b17-8+. The zero-order valence-electron chi connectivity index (χ0n) is 18.8. The van der Waals surface area contributed by atoms with Crippen molar-refractivity contribution in [2.45, 2.75) is 13.0 Å². The van der Waals surface area contributed by atoms with E-state index in [0.29, 0.717) is 23.6 Å². The third-order valence-electron chi connectivity index (χ3n) is 5.55. The lowest BCUT2D eigenvalue weighted by molar-refractivity contribution is -0.384. The van der Waals surface area contributed by atoms with Crippen molar-refractivity contribution in [1.82, 2.24) is 0 Å². The number of carbonyl (C=O) groups is 2. The summed E-state index contributed by atoms with van der Waals surface area (Å²) in [4.78, 5) is 38.3. The van der Waals surface area contributed by atoms with Crippen LogP contribution in [0.3, 0.4) is 0 Å². The number of allylic oxidation sites excluding steroid dienone is 1. The number of benzene rings is 3. The molecule has 8 heteroatoms. The minimum Gasteiger partial charge on any atom is -0.503 e. The number of nitrogens with zero attached hydrogens (tertiary/aromatic N) is 2. The van der Waals surface area contributed by atoms with Gasteiger partial charge in [-0.2, -0.15) is 0 Å². The van der Waals surface area contributed by atoms with E-state index < -0.39 is 28.4 Å². The monoisotopic (exact) mass is 470 g/mol.